The second-order valence-electron chi connectivity index (χ2n) is 3.74. The van der Waals surface area contributed by atoms with Crippen molar-refractivity contribution >= 4 is 11.8 Å². The van der Waals surface area contributed by atoms with Gasteiger partial charge in [0.05, 0.1) is 6.61 Å². The molecule has 1 unspecified atom stereocenters. The molecule has 0 saturated heterocycles. The Morgan fingerprint density at radius 1 is 1.47 bits per heavy atom. The lowest BCUT2D eigenvalue weighted by atomic mass is 10.1. The molecule has 0 aromatic heterocycles. The number of hydrogen-bond donors (Lipinski definition) is 1. The molecule has 0 saturated carbocycles. The van der Waals surface area contributed by atoms with Gasteiger partial charge in [-0.25, -0.2) is 4.39 Å². The van der Waals surface area contributed by atoms with Crippen LogP contribution in [0.5, 0.6) is 5.75 Å². The molecule has 4 heteroatoms. The number of thioether (sulfide) groups is 1. The Balaban J connectivity index is 2.69. The van der Waals surface area contributed by atoms with E-state index in [2.05, 4.69) is 12.2 Å². The number of hydrogen-bond acceptors (Lipinski definition) is 3. The monoisotopic (exact) mass is 257 g/mol. The van der Waals surface area contributed by atoms with Crippen LogP contribution in [0.15, 0.2) is 18.2 Å². The van der Waals surface area contributed by atoms with Crippen molar-refractivity contribution in [2.45, 2.75) is 19.9 Å². The third-order valence-corrected chi connectivity index (χ3v) is 3.43. The number of benzene rings is 1. The van der Waals surface area contributed by atoms with E-state index in [1.54, 1.807) is 6.07 Å². The highest BCUT2D eigenvalue weighted by atomic mass is 32.2. The molecule has 0 aliphatic rings. The molecule has 0 fully saturated rings. The first-order chi connectivity index (χ1) is 8.19. The standard InChI is InChI=1S/C13H20FNOS/c1-4-17-8-7-16-13-9-11(14)5-6-12(13)10(2)15-3/h5-6,9-10,15H,4,7-8H2,1-3H3. The molecular weight excluding hydrogens is 237 g/mol. The number of nitrogens with one attached hydrogen (secondary N) is 1. The van der Waals surface area contributed by atoms with Gasteiger partial charge in [-0.15, -0.1) is 0 Å². The van der Waals surface area contributed by atoms with Gasteiger partial charge in [-0.2, -0.15) is 11.8 Å². The van der Waals surface area contributed by atoms with Crippen LogP contribution in [0.2, 0.25) is 0 Å². The lowest BCUT2D eigenvalue weighted by Crippen LogP contribution is -2.14. The van der Waals surface area contributed by atoms with Gasteiger partial charge in [0, 0.05) is 23.4 Å². The van der Waals surface area contributed by atoms with E-state index in [-0.39, 0.29) is 11.9 Å². The highest BCUT2D eigenvalue weighted by Crippen LogP contribution is 2.26. The summed E-state index contributed by atoms with van der Waals surface area (Å²) in [6.07, 6.45) is 0. The summed E-state index contributed by atoms with van der Waals surface area (Å²) in [7, 11) is 1.88. The van der Waals surface area contributed by atoms with E-state index in [0.29, 0.717) is 12.4 Å². The van der Waals surface area contributed by atoms with Gasteiger partial charge in [-0.05, 0) is 25.8 Å². The van der Waals surface area contributed by atoms with Gasteiger partial charge in [0.1, 0.15) is 11.6 Å². The summed E-state index contributed by atoms with van der Waals surface area (Å²) in [5, 5.41) is 3.13. The second kappa shape index (κ2) is 7.56. The summed E-state index contributed by atoms with van der Waals surface area (Å²) in [5.74, 6) is 2.39. The number of ether oxygens (including phenoxy) is 1. The fraction of sp³-hybridized carbons (Fsp3) is 0.538. The van der Waals surface area contributed by atoms with E-state index in [9.17, 15) is 4.39 Å². The molecule has 0 aliphatic heterocycles. The lowest BCUT2D eigenvalue weighted by Gasteiger charge is -2.16. The third kappa shape index (κ3) is 4.56. The molecule has 0 heterocycles. The van der Waals surface area contributed by atoms with Crippen molar-refractivity contribution in [3.63, 3.8) is 0 Å². The van der Waals surface area contributed by atoms with E-state index in [4.69, 9.17) is 4.74 Å². The normalized spacial score (nSPS) is 12.5. The minimum absolute atomic E-state index is 0.157. The maximum atomic E-state index is 13.2. The predicted octanol–water partition coefficient (Wildman–Crippen LogP) is 3.24. The average Bonchev–Trinajstić information content (AvgIpc) is 2.34. The first-order valence-electron chi connectivity index (χ1n) is 5.86. The SMILES string of the molecule is CCSCCOc1cc(F)ccc1C(C)NC. The molecule has 1 N–H and O–H groups in total. The third-order valence-electron chi connectivity index (χ3n) is 2.56. The van der Waals surface area contributed by atoms with Crippen LogP contribution in [0.4, 0.5) is 4.39 Å². The predicted molar refractivity (Wildman–Crippen MR) is 72.4 cm³/mol. The van der Waals surface area contributed by atoms with Crippen LogP contribution in [0.3, 0.4) is 0 Å². The molecule has 2 nitrogen and oxygen atoms in total. The van der Waals surface area contributed by atoms with Gasteiger partial charge in [0.2, 0.25) is 0 Å². The van der Waals surface area contributed by atoms with E-state index >= 15 is 0 Å². The van der Waals surface area contributed by atoms with Gasteiger partial charge in [-0.3, -0.25) is 0 Å². The van der Waals surface area contributed by atoms with Crippen LogP contribution in [-0.2, 0) is 0 Å². The van der Waals surface area contributed by atoms with Crippen molar-refractivity contribution in [3.05, 3.63) is 29.6 Å². The zero-order valence-corrected chi connectivity index (χ0v) is 11.4. The van der Waals surface area contributed by atoms with Crippen LogP contribution in [-0.4, -0.2) is 25.2 Å². The second-order valence-corrected chi connectivity index (χ2v) is 5.13. The molecule has 1 atom stereocenters. The van der Waals surface area contributed by atoms with E-state index in [1.807, 2.05) is 25.7 Å². The molecule has 1 aromatic rings. The van der Waals surface area contributed by atoms with Crippen molar-refractivity contribution < 1.29 is 9.13 Å². The van der Waals surface area contributed by atoms with Crippen molar-refractivity contribution in [1.29, 1.82) is 0 Å². The van der Waals surface area contributed by atoms with Gasteiger partial charge < -0.3 is 10.1 Å². The Morgan fingerprint density at radius 2 is 2.24 bits per heavy atom. The van der Waals surface area contributed by atoms with E-state index < -0.39 is 0 Å². The molecule has 0 radical (unpaired) electrons. The van der Waals surface area contributed by atoms with Gasteiger partial charge in [0.25, 0.3) is 0 Å². The van der Waals surface area contributed by atoms with Crippen LogP contribution in [0.25, 0.3) is 0 Å². The molecule has 17 heavy (non-hydrogen) atoms. The van der Waals surface area contributed by atoms with Gasteiger partial charge in [-0.1, -0.05) is 13.0 Å². The zero-order valence-electron chi connectivity index (χ0n) is 10.6. The van der Waals surface area contributed by atoms with Crippen LogP contribution < -0.4 is 10.1 Å². The molecule has 1 rings (SSSR count). The van der Waals surface area contributed by atoms with Crippen molar-refractivity contribution in [2.75, 3.05) is 25.2 Å². The van der Waals surface area contributed by atoms with Crippen molar-refractivity contribution in [1.82, 2.24) is 5.32 Å². The Labute approximate surface area is 107 Å². The average molecular weight is 257 g/mol. The van der Waals surface area contributed by atoms with Crippen LogP contribution in [0.1, 0.15) is 25.5 Å². The maximum Gasteiger partial charge on any atom is 0.127 e. The Hall–Kier alpha value is -0.740. The fourth-order valence-electron chi connectivity index (χ4n) is 1.50. The van der Waals surface area contributed by atoms with Crippen LogP contribution >= 0.6 is 11.8 Å². The number of halogens is 1. The summed E-state index contributed by atoms with van der Waals surface area (Å²) >= 11 is 1.82. The first kappa shape index (κ1) is 14.3. The Kier molecular flexibility index (Phi) is 6.37. The fourth-order valence-corrected chi connectivity index (χ4v) is 1.99. The number of rotatable bonds is 7. The zero-order chi connectivity index (χ0) is 12.7. The van der Waals surface area contributed by atoms with E-state index in [0.717, 1.165) is 17.1 Å². The molecule has 0 amide bonds. The quantitative estimate of drug-likeness (QED) is 0.758. The topological polar surface area (TPSA) is 21.3 Å². The molecule has 0 spiro atoms. The maximum absolute atomic E-state index is 13.2. The first-order valence-corrected chi connectivity index (χ1v) is 7.01. The van der Waals surface area contributed by atoms with Crippen molar-refractivity contribution in [3.8, 4) is 5.75 Å². The summed E-state index contributed by atoms with van der Waals surface area (Å²) in [6, 6.07) is 4.86. The van der Waals surface area contributed by atoms with E-state index in [1.165, 1.54) is 12.1 Å². The highest BCUT2D eigenvalue weighted by molar-refractivity contribution is 7.99. The smallest absolute Gasteiger partial charge is 0.127 e. The largest absolute Gasteiger partial charge is 0.492 e. The Morgan fingerprint density at radius 3 is 2.88 bits per heavy atom. The molecule has 96 valence electrons. The molecule has 0 bridgehead atoms. The van der Waals surface area contributed by atoms with Gasteiger partial charge >= 0.3 is 0 Å². The summed E-state index contributed by atoms with van der Waals surface area (Å²) in [4.78, 5) is 0. The van der Waals surface area contributed by atoms with Crippen molar-refractivity contribution in [2.24, 2.45) is 0 Å². The minimum atomic E-state index is -0.254. The molecule has 1 aromatic carbocycles. The summed E-state index contributed by atoms with van der Waals surface area (Å²) in [6.45, 7) is 4.76. The van der Waals surface area contributed by atoms with Gasteiger partial charge in [0.15, 0.2) is 0 Å². The lowest BCUT2D eigenvalue weighted by molar-refractivity contribution is 0.334. The highest BCUT2D eigenvalue weighted by Gasteiger charge is 2.10. The summed E-state index contributed by atoms with van der Waals surface area (Å²) < 4.78 is 18.8. The molecule has 0 aliphatic carbocycles. The minimum Gasteiger partial charge on any atom is -0.492 e. The molecular formula is C13H20FNOS. The summed E-state index contributed by atoms with van der Waals surface area (Å²) in [5.41, 5.74) is 0.996. The Bertz CT molecular complexity index is 346. The van der Waals surface area contributed by atoms with Crippen LogP contribution in [0, 0.1) is 5.82 Å².